The molecule has 0 fully saturated rings. The van der Waals surface area contributed by atoms with Gasteiger partial charge in [0.15, 0.2) is 9.84 Å². The second-order valence-electron chi connectivity index (χ2n) is 5.60. The summed E-state index contributed by atoms with van der Waals surface area (Å²) in [5.41, 5.74) is 0.0212. The molecule has 0 aromatic carbocycles. The van der Waals surface area contributed by atoms with Crippen molar-refractivity contribution in [3.63, 3.8) is 0 Å². The van der Waals surface area contributed by atoms with Crippen LogP contribution in [0.3, 0.4) is 0 Å². The van der Waals surface area contributed by atoms with Crippen LogP contribution in [0, 0.1) is 0 Å². The van der Waals surface area contributed by atoms with Gasteiger partial charge in [0.1, 0.15) is 0 Å². The highest BCUT2D eigenvalue weighted by atomic mass is 32.2. The summed E-state index contributed by atoms with van der Waals surface area (Å²) < 4.78 is 22.9. The van der Waals surface area contributed by atoms with Crippen LogP contribution in [0.1, 0.15) is 48.0 Å². The van der Waals surface area contributed by atoms with Gasteiger partial charge in [0.25, 0.3) is 0 Å². The Balaban J connectivity index is 4.20. The molecule has 1 N–H and O–H groups in total. The van der Waals surface area contributed by atoms with E-state index in [4.69, 9.17) is 0 Å². The first kappa shape index (κ1) is 14.9. The van der Waals surface area contributed by atoms with Crippen LogP contribution in [0.2, 0.25) is 0 Å². The summed E-state index contributed by atoms with van der Waals surface area (Å²) in [7, 11) is -2.99. The van der Waals surface area contributed by atoms with Gasteiger partial charge in [-0.3, -0.25) is 0 Å². The van der Waals surface area contributed by atoms with Gasteiger partial charge < -0.3 is 5.32 Å². The minimum atomic E-state index is -2.99. The van der Waals surface area contributed by atoms with Crippen molar-refractivity contribution in [3.8, 4) is 0 Å². The van der Waals surface area contributed by atoms with Crippen LogP contribution in [0.5, 0.6) is 0 Å². The van der Waals surface area contributed by atoms with Crippen LogP contribution in [0.25, 0.3) is 0 Å². The Bertz CT molecular complexity index is 286. The van der Waals surface area contributed by atoms with E-state index in [0.29, 0.717) is 6.54 Å². The lowest BCUT2D eigenvalue weighted by molar-refractivity contribution is 0.386. The molecule has 0 heterocycles. The van der Waals surface area contributed by atoms with Crippen molar-refractivity contribution >= 4 is 9.84 Å². The standard InChI is InChI=1S/C11H25NO2S/c1-7-11(5,6)12-8-9-15(13,14)10(2,3)4/h12H,7-9H2,1-6H3. The normalized spacial score (nSPS) is 14.3. The van der Waals surface area contributed by atoms with E-state index in [1.165, 1.54) is 0 Å². The molecule has 0 aliphatic heterocycles. The molecule has 0 spiro atoms. The third kappa shape index (κ3) is 4.98. The number of rotatable bonds is 5. The molecule has 0 rings (SSSR count). The third-order valence-electron chi connectivity index (χ3n) is 2.79. The maximum absolute atomic E-state index is 11.8. The summed E-state index contributed by atoms with van der Waals surface area (Å²) in [5.74, 6) is 0.208. The molecule has 4 heteroatoms. The zero-order valence-corrected chi connectivity index (χ0v) is 11.7. The van der Waals surface area contributed by atoms with E-state index in [2.05, 4.69) is 26.1 Å². The van der Waals surface area contributed by atoms with E-state index in [1.807, 2.05) is 0 Å². The molecule has 0 atom stereocenters. The number of sulfone groups is 1. The van der Waals surface area contributed by atoms with Gasteiger partial charge >= 0.3 is 0 Å². The monoisotopic (exact) mass is 235 g/mol. The van der Waals surface area contributed by atoms with Crippen LogP contribution >= 0.6 is 0 Å². The van der Waals surface area contributed by atoms with Crippen LogP contribution < -0.4 is 5.32 Å². The Hall–Kier alpha value is -0.0900. The molecule has 0 aromatic heterocycles. The third-order valence-corrected chi connectivity index (χ3v) is 5.40. The van der Waals surface area contributed by atoms with E-state index in [9.17, 15) is 8.42 Å². The second kappa shape index (κ2) is 4.83. The largest absolute Gasteiger partial charge is 0.311 e. The van der Waals surface area contributed by atoms with Crippen molar-refractivity contribution in [3.05, 3.63) is 0 Å². The minimum Gasteiger partial charge on any atom is -0.311 e. The zero-order valence-electron chi connectivity index (χ0n) is 10.8. The fourth-order valence-corrected chi connectivity index (χ4v) is 1.94. The van der Waals surface area contributed by atoms with Gasteiger partial charge in [0, 0.05) is 12.1 Å². The summed E-state index contributed by atoms with van der Waals surface area (Å²) in [6.07, 6.45) is 0.989. The summed E-state index contributed by atoms with van der Waals surface area (Å²) in [6, 6.07) is 0. The van der Waals surface area contributed by atoms with Crippen LogP contribution in [0.4, 0.5) is 0 Å². The van der Waals surface area contributed by atoms with E-state index >= 15 is 0 Å². The van der Waals surface area contributed by atoms with Crippen molar-refractivity contribution in [2.75, 3.05) is 12.3 Å². The van der Waals surface area contributed by atoms with Gasteiger partial charge in [-0.15, -0.1) is 0 Å². The molecule has 0 aliphatic rings. The Morgan fingerprint density at radius 1 is 1.07 bits per heavy atom. The molecule has 0 aromatic rings. The molecule has 92 valence electrons. The first-order chi connectivity index (χ1) is 6.52. The highest BCUT2D eigenvalue weighted by molar-refractivity contribution is 7.92. The predicted molar refractivity (Wildman–Crippen MR) is 65.9 cm³/mol. The average Bonchev–Trinajstić information content (AvgIpc) is 2.01. The lowest BCUT2D eigenvalue weighted by atomic mass is 10.0. The van der Waals surface area contributed by atoms with E-state index in [1.54, 1.807) is 20.8 Å². The Morgan fingerprint density at radius 3 is 1.87 bits per heavy atom. The first-order valence-electron chi connectivity index (χ1n) is 5.49. The molecular weight excluding hydrogens is 210 g/mol. The van der Waals surface area contributed by atoms with E-state index < -0.39 is 14.6 Å². The molecule has 3 nitrogen and oxygen atoms in total. The van der Waals surface area contributed by atoms with Crippen LogP contribution in [0.15, 0.2) is 0 Å². The fourth-order valence-electron chi connectivity index (χ4n) is 0.955. The Morgan fingerprint density at radius 2 is 1.53 bits per heavy atom. The maximum atomic E-state index is 11.8. The Labute approximate surface area is 94.6 Å². The lowest BCUT2D eigenvalue weighted by Crippen LogP contribution is -2.43. The van der Waals surface area contributed by atoms with Gasteiger partial charge in [-0.05, 0) is 41.0 Å². The minimum absolute atomic E-state index is 0.0212. The maximum Gasteiger partial charge on any atom is 0.156 e. The fraction of sp³-hybridized carbons (Fsp3) is 1.00. The highest BCUT2D eigenvalue weighted by Gasteiger charge is 2.28. The van der Waals surface area contributed by atoms with Crippen molar-refractivity contribution in [2.24, 2.45) is 0 Å². The SMILES string of the molecule is CCC(C)(C)NCCS(=O)(=O)C(C)(C)C. The zero-order chi connectivity index (χ0) is 12.3. The smallest absolute Gasteiger partial charge is 0.156 e. The van der Waals surface area contributed by atoms with Gasteiger partial charge in [0.2, 0.25) is 0 Å². The van der Waals surface area contributed by atoms with Crippen LogP contribution in [-0.2, 0) is 9.84 Å². The second-order valence-corrected chi connectivity index (χ2v) is 8.46. The highest BCUT2D eigenvalue weighted by Crippen LogP contribution is 2.15. The molecule has 0 saturated carbocycles. The molecule has 0 aliphatic carbocycles. The van der Waals surface area contributed by atoms with Crippen molar-refractivity contribution in [2.45, 2.75) is 58.2 Å². The van der Waals surface area contributed by atoms with Crippen LogP contribution in [-0.4, -0.2) is 31.0 Å². The lowest BCUT2D eigenvalue weighted by Gasteiger charge is -2.26. The van der Waals surface area contributed by atoms with Crippen molar-refractivity contribution < 1.29 is 8.42 Å². The van der Waals surface area contributed by atoms with E-state index in [-0.39, 0.29) is 11.3 Å². The molecule has 0 radical (unpaired) electrons. The molecule has 15 heavy (non-hydrogen) atoms. The van der Waals surface area contributed by atoms with Gasteiger partial charge in [0.05, 0.1) is 10.5 Å². The van der Waals surface area contributed by atoms with Gasteiger partial charge in [-0.2, -0.15) is 0 Å². The Kier molecular flexibility index (Phi) is 4.80. The summed E-state index contributed by atoms with van der Waals surface area (Å²) >= 11 is 0. The number of hydrogen-bond acceptors (Lipinski definition) is 3. The van der Waals surface area contributed by atoms with Crippen molar-refractivity contribution in [1.82, 2.24) is 5.32 Å². The predicted octanol–water partition coefficient (Wildman–Crippen LogP) is 1.98. The summed E-state index contributed by atoms with van der Waals surface area (Å²) in [4.78, 5) is 0. The number of nitrogens with one attached hydrogen (secondary N) is 1. The topological polar surface area (TPSA) is 46.2 Å². The average molecular weight is 235 g/mol. The van der Waals surface area contributed by atoms with Crippen molar-refractivity contribution in [1.29, 1.82) is 0 Å². The summed E-state index contributed by atoms with van der Waals surface area (Å²) in [5, 5.41) is 3.26. The quantitative estimate of drug-likeness (QED) is 0.792. The molecule has 0 unspecified atom stereocenters. The number of hydrogen-bond donors (Lipinski definition) is 1. The first-order valence-corrected chi connectivity index (χ1v) is 7.14. The summed E-state index contributed by atoms with van der Waals surface area (Å²) in [6.45, 7) is 12.0. The van der Waals surface area contributed by atoms with E-state index in [0.717, 1.165) is 6.42 Å². The molecular formula is C11H25NO2S. The molecule has 0 bridgehead atoms. The van der Waals surface area contributed by atoms with Gasteiger partial charge in [-0.1, -0.05) is 6.92 Å². The van der Waals surface area contributed by atoms with Gasteiger partial charge in [-0.25, -0.2) is 8.42 Å². The molecule has 0 amide bonds. The molecule has 0 saturated heterocycles.